The summed E-state index contributed by atoms with van der Waals surface area (Å²) >= 11 is 0. The van der Waals surface area contributed by atoms with Crippen LogP contribution in [0.25, 0.3) is 0 Å². The molecule has 1 amide bonds. The molecule has 126 valence electrons. The van der Waals surface area contributed by atoms with E-state index in [2.05, 4.69) is 17.6 Å². The minimum atomic E-state index is 0.281. The lowest BCUT2D eigenvalue weighted by molar-refractivity contribution is -0.124. The van der Waals surface area contributed by atoms with E-state index >= 15 is 0 Å². The third-order valence-corrected chi connectivity index (χ3v) is 6.40. The fourth-order valence-corrected chi connectivity index (χ4v) is 5.14. The van der Waals surface area contributed by atoms with Gasteiger partial charge < -0.3 is 16.4 Å². The van der Waals surface area contributed by atoms with Gasteiger partial charge in [0.1, 0.15) is 0 Å². The monoisotopic (exact) mass is 307 g/mol. The molecule has 4 heteroatoms. The van der Waals surface area contributed by atoms with Gasteiger partial charge >= 0.3 is 0 Å². The molecule has 4 N–H and O–H groups in total. The van der Waals surface area contributed by atoms with Crippen LogP contribution in [0.15, 0.2) is 0 Å². The maximum atomic E-state index is 12.5. The van der Waals surface area contributed by atoms with Gasteiger partial charge in [0.05, 0.1) is 0 Å². The van der Waals surface area contributed by atoms with Gasteiger partial charge in [0, 0.05) is 18.5 Å². The van der Waals surface area contributed by atoms with Crippen molar-refractivity contribution in [2.75, 3.05) is 13.1 Å². The van der Waals surface area contributed by atoms with E-state index in [4.69, 9.17) is 5.73 Å². The lowest BCUT2D eigenvalue weighted by Crippen LogP contribution is -2.54. The van der Waals surface area contributed by atoms with Gasteiger partial charge in [0.2, 0.25) is 5.91 Å². The van der Waals surface area contributed by atoms with Gasteiger partial charge in [-0.3, -0.25) is 4.79 Å². The molecule has 3 aliphatic rings. The second-order valence-electron chi connectivity index (χ2n) is 8.04. The van der Waals surface area contributed by atoms with E-state index in [0.717, 1.165) is 25.9 Å². The highest BCUT2D eigenvalue weighted by atomic mass is 16.1. The number of carbonyl (C=O) groups excluding carboxylic acids is 1. The fourth-order valence-electron chi connectivity index (χ4n) is 5.14. The summed E-state index contributed by atoms with van der Waals surface area (Å²) in [6.45, 7) is 4.48. The Morgan fingerprint density at radius 3 is 2.45 bits per heavy atom. The predicted molar refractivity (Wildman–Crippen MR) is 89.3 cm³/mol. The third kappa shape index (κ3) is 3.83. The summed E-state index contributed by atoms with van der Waals surface area (Å²) in [5.74, 6) is 2.75. The molecular weight excluding hydrogens is 274 g/mol. The van der Waals surface area contributed by atoms with Crippen LogP contribution in [0.3, 0.4) is 0 Å². The first-order valence-corrected chi connectivity index (χ1v) is 9.39. The molecule has 22 heavy (non-hydrogen) atoms. The minimum absolute atomic E-state index is 0.281. The van der Waals surface area contributed by atoms with E-state index in [1.165, 1.54) is 32.1 Å². The topological polar surface area (TPSA) is 67.2 Å². The Morgan fingerprint density at radius 2 is 1.82 bits per heavy atom. The van der Waals surface area contributed by atoms with Gasteiger partial charge in [-0.05, 0) is 75.3 Å². The molecule has 0 radical (unpaired) electrons. The molecule has 1 saturated heterocycles. The van der Waals surface area contributed by atoms with Crippen molar-refractivity contribution >= 4 is 5.91 Å². The van der Waals surface area contributed by atoms with E-state index in [-0.39, 0.29) is 5.91 Å². The highest BCUT2D eigenvalue weighted by Gasteiger charge is 2.40. The zero-order valence-corrected chi connectivity index (χ0v) is 14.0. The summed E-state index contributed by atoms with van der Waals surface area (Å²) in [7, 11) is 0. The molecule has 3 fully saturated rings. The molecule has 0 aromatic heterocycles. The molecule has 3 unspecified atom stereocenters. The second kappa shape index (κ2) is 7.31. The number of carbonyl (C=O) groups is 1. The third-order valence-electron chi connectivity index (χ3n) is 6.40. The number of piperidine rings is 1. The molecular formula is C18H33N3O. The van der Waals surface area contributed by atoms with Gasteiger partial charge in [0.15, 0.2) is 0 Å². The molecule has 0 aromatic rings. The van der Waals surface area contributed by atoms with Crippen LogP contribution in [0, 0.1) is 23.7 Å². The molecule has 4 nitrogen and oxygen atoms in total. The van der Waals surface area contributed by atoms with Gasteiger partial charge in [-0.2, -0.15) is 0 Å². The Hall–Kier alpha value is -0.610. The highest BCUT2D eigenvalue weighted by Crippen LogP contribution is 2.39. The van der Waals surface area contributed by atoms with Crippen molar-refractivity contribution < 1.29 is 4.79 Å². The van der Waals surface area contributed by atoms with E-state index in [0.29, 0.717) is 42.2 Å². The summed E-state index contributed by atoms with van der Waals surface area (Å²) in [6, 6.07) is 0.762. The zero-order valence-electron chi connectivity index (χ0n) is 14.0. The van der Waals surface area contributed by atoms with Crippen LogP contribution in [-0.4, -0.2) is 31.1 Å². The number of amides is 1. The molecule has 2 bridgehead atoms. The van der Waals surface area contributed by atoms with Crippen molar-refractivity contribution in [3.05, 3.63) is 0 Å². The smallest absolute Gasteiger partial charge is 0.220 e. The lowest BCUT2D eigenvalue weighted by atomic mass is 9.67. The maximum Gasteiger partial charge on any atom is 0.220 e. The molecule has 2 saturated carbocycles. The highest BCUT2D eigenvalue weighted by molar-refractivity contribution is 5.76. The number of nitrogens with one attached hydrogen (secondary N) is 2. The Labute approximate surface area is 135 Å². The van der Waals surface area contributed by atoms with Gasteiger partial charge in [-0.15, -0.1) is 0 Å². The number of nitrogens with two attached hydrogens (primary N) is 1. The Morgan fingerprint density at radius 1 is 1.18 bits per heavy atom. The van der Waals surface area contributed by atoms with E-state index in [1.807, 2.05) is 0 Å². The number of hydrogen-bond donors (Lipinski definition) is 3. The Balaban J connectivity index is 1.50. The Kier molecular flexibility index (Phi) is 5.40. The maximum absolute atomic E-state index is 12.5. The SMILES string of the molecule is CC(CC(=O)NC1C2CCCC1CC(N)C2)C1CCNCC1. The predicted octanol–water partition coefficient (Wildman–Crippen LogP) is 2.03. The quantitative estimate of drug-likeness (QED) is 0.744. The van der Waals surface area contributed by atoms with Crippen molar-refractivity contribution in [1.82, 2.24) is 10.6 Å². The van der Waals surface area contributed by atoms with Gasteiger partial charge in [-0.25, -0.2) is 0 Å². The van der Waals surface area contributed by atoms with Crippen LogP contribution in [0.2, 0.25) is 0 Å². The average molecular weight is 307 g/mol. The first kappa shape index (κ1) is 16.3. The van der Waals surface area contributed by atoms with Crippen LogP contribution in [0.1, 0.15) is 58.3 Å². The molecule has 1 heterocycles. The number of rotatable bonds is 4. The van der Waals surface area contributed by atoms with E-state index < -0.39 is 0 Å². The van der Waals surface area contributed by atoms with E-state index in [1.54, 1.807) is 0 Å². The second-order valence-corrected chi connectivity index (χ2v) is 8.04. The van der Waals surface area contributed by atoms with Crippen LogP contribution < -0.4 is 16.4 Å². The molecule has 3 rings (SSSR count). The first-order valence-electron chi connectivity index (χ1n) is 9.39. The summed E-state index contributed by atoms with van der Waals surface area (Å²) in [4.78, 5) is 12.5. The van der Waals surface area contributed by atoms with Crippen molar-refractivity contribution in [2.24, 2.45) is 29.4 Å². The molecule has 0 aromatic carbocycles. The lowest BCUT2D eigenvalue weighted by Gasteiger charge is -2.45. The average Bonchev–Trinajstić information content (AvgIpc) is 2.49. The summed E-state index contributed by atoms with van der Waals surface area (Å²) in [5, 5.41) is 6.81. The number of hydrogen-bond acceptors (Lipinski definition) is 3. The standard InChI is InChI=1S/C18H33N3O/c1-12(13-5-7-20-8-6-13)9-17(22)21-18-14-3-2-4-15(18)11-16(19)10-14/h12-16,18,20H,2-11,19H2,1H3,(H,21,22). The van der Waals surface area contributed by atoms with Crippen molar-refractivity contribution in [1.29, 1.82) is 0 Å². The summed E-state index contributed by atoms with van der Waals surface area (Å²) in [6.07, 6.45) is 9.16. The molecule has 0 spiro atoms. The van der Waals surface area contributed by atoms with E-state index in [9.17, 15) is 4.79 Å². The fraction of sp³-hybridized carbons (Fsp3) is 0.944. The van der Waals surface area contributed by atoms with Crippen molar-refractivity contribution in [3.63, 3.8) is 0 Å². The Bertz CT molecular complexity index is 367. The van der Waals surface area contributed by atoms with Crippen molar-refractivity contribution in [2.45, 2.75) is 70.4 Å². The summed E-state index contributed by atoms with van der Waals surface area (Å²) in [5.41, 5.74) is 6.18. The van der Waals surface area contributed by atoms with Crippen molar-refractivity contribution in [3.8, 4) is 0 Å². The minimum Gasteiger partial charge on any atom is -0.353 e. The largest absolute Gasteiger partial charge is 0.353 e. The summed E-state index contributed by atoms with van der Waals surface area (Å²) < 4.78 is 0. The van der Waals surface area contributed by atoms with Gasteiger partial charge in [-0.1, -0.05) is 13.3 Å². The normalized spacial score (nSPS) is 37.5. The van der Waals surface area contributed by atoms with Crippen LogP contribution >= 0.6 is 0 Å². The molecule has 3 atom stereocenters. The van der Waals surface area contributed by atoms with Crippen LogP contribution in [0.5, 0.6) is 0 Å². The van der Waals surface area contributed by atoms with Gasteiger partial charge in [0.25, 0.3) is 0 Å². The first-order chi connectivity index (χ1) is 10.6. The molecule has 2 aliphatic carbocycles. The molecule has 1 aliphatic heterocycles. The zero-order chi connectivity index (χ0) is 15.5. The number of fused-ring (bicyclic) bond motifs is 2. The van der Waals surface area contributed by atoms with Crippen LogP contribution in [0.4, 0.5) is 0 Å². The van der Waals surface area contributed by atoms with Crippen LogP contribution in [-0.2, 0) is 4.79 Å².